The Labute approximate surface area is 96.9 Å². The zero-order chi connectivity index (χ0) is 11.5. The summed E-state index contributed by atoms with van der Waals surface area (Å²) < 4.78 is 21.8. The molecule has 0 aromatic heterocycles. The summed E-state index contributed by atoms with van der Waals surface area (Å²) in [4.78, 5) is 0. The topological polar surface area (TPSA) is 49.3 Å². The average molecular weight is 235 g/mol. The maximum absolute atomic E-state index is 10.6. The number of hydrogen-bond donors (Lipinski definition) is 2. The fourth-order valence-electron chi connectivity index (χ4n) is 1.81. The summed E-state index contributed by atoms with van der Waals surface area (Å²) in [5.74, 6) is 0. The van der Waals surface area contributed by atoms with E-state index in [1.165, 1.54) is 10.9 Å². The lowest BCUT2D eigenvalue weighted by Crippen LogP contribution is -2.15. The normalized spacial score (nSPS) is 12.9. The van der Waals surface area contributed by atoms with Gasteiger partial charge in [-0.1, -0.05) is 36.4 Å². The van der Waals surface area contributed by atoms with Crippen molar-refractivity contribution < 1.29 is 8.76 Å². The SMILES string of the molecule is Cc1ccc(CNS(=O)O)c2ccccc12. The zero-order valence-corrected chi connectivity index (χ0v) is 9.75. The van der Waals surface area contributed by atoms with E-state index >= 15 is 0 Å². The molecule has 0 bridgehead atoms. The molecule has 1 atom stereocenters. The minimum absolute atomic E-state index is 0.393. The van der Waals surface area contributed by atoms with Gasteiger partial charge < -0.3 is 0 Å². The van der Waals surface area contributed by atoms with E-state index in [1.807, 2.05) is 30.3 Å². The molecule has 0 fully saturated rings. The van der Waals surface area contributed by atoms with E-state index in [1.54, 1.807) is 0 Å². The van der Waals surface area contributed by atoms with Gasteiger partial charge in [0.15, 0.2) is 0 Å². The van der Waals surface area contributed by atoms with E-state index in [2.05, 4.69) is 17.7 Å². The fourth-order valence-corrected chi connectivity index (χ4v) is 2.08. The molecule has 0 aliphatic heterocycles. The van der Waals surface area contributed by atoms with Gasteiger partial charge >= 0.3 is 0 Å². The molecular formula is C12H13NO2S. The van der Waals surface area contributed by atoms with Crippen LogP contribution in [0.4, 0.5) is 0 Å². The van der Waals surface area contributed by atoms with Crippen molar-refractivity contribution in [3.8, 4) is 0 Å². The summed E-state index contributed by atoms with van der Waals surface area (Å²) in [6, 6.07) is 12.1. The van der Waals surface area contributed by atoms with Crippen molar-refractivity contribution in [1.82, 2.24) is 4.72 Å². The largest absolute Gasteiger partial charge is 0.294 e. The first-order valence-corrected chi connectivity index (χ1v) is 6.11. The van der Waals surface area contributed by atoms with Gasteiger partial charge in [0.1, 0.15) is 0 Å². The van der Waals surface area contributed by atoms with Crippen molar-refractivity contribution in [2.24, 2.45) is 0 Å². The fraction of sp³-hybridized carbons (Fsp3) is 0.167. The van der Waals surface area contributed by atoms with Crippen LogP contribution in [-0.4, -0.2) is 8.76 Å². The lowest BCUT2D eigenvalue weighted by atomic mass is 10.0. The smallest absolute Gasteiger partial charge is 0.232 e. The lowest BCUT2D eigenvalue weighted by molar-refractivity contribution is 0.549. The molecule has 2 aromatic carbocycles. The molecule has 0 amide bonds. The number of benzene rings is 2. The van der Waals surface area contributed by atoms with Gasteiger partial charge in [0, 0.05) is 6.54 Å². The number of hydrogen-bond acceptors (Lipinski definition) is 1. The number of fused-ring (bicyclic) bond motifs is 1. The second kappa shape index (κ2) is 4.74. The molecule has 0 spiro atoms. The highest BCUT2D eigenvalue weighted by Crippen LogP contribution is 2.22. The maximum Gasteiger partial charge on any atom is 0.232 e. The Balaban J connectivity index is 2.46. The number of aryl methyl sites for hydroxylation is 1. The van der Waals surface area contributed by atoms with Crippen LogP contribution in [-0.2, 0) is 17.8 Å². The molecule has 0 radical (unpaired) electrons. The molecule has 0 saturated heterocycles. The van der Waals surface area contributed by atoms with Crippen LogP contribution in [0.15, 0.2) is 36.4 Å². The Morgan fingerprint density at radius 3 is 2.56 bits per heavy atom. The summed E-state index contributed by atoms with van der Waals surface area (Å²) in [6.45, 7) is 2.45. The van der Waals surface area contributed by atoms with Crippen LogP contribution >= 0.6 is 0 Å². The molecule has 2 N–H and O–H groups in total. The second-order valence-corrected chi connectivity index (χ2v) is 4.44. The van der Waals surface area contributed by atoms with Crippen LogP contribution in [0.25, 0.3) is 10.8 Å². The van der Waals surface area contributed by atoms with Crippen molar-refractivity contribution in [2.75, 3.05) is 0 Å². The lowest BCUT2D eigenvalue weighted by Gasteiger charge is -2.08. The van der Waals surface area contributed by atoms with Crippen molar-refractivity contribution >= 4 is 22.0 Å². The predicted octanol–water partition coefficient (Wildman–Crippen LogP) is 2.37. The Hall–Kier alpha value is -1.23. The first-order valence-electron chi connectivity index (χ1n) is 5.00. The number of rotatable bonds is 3. The Morgan fingerprint density at radius 2 is 1.88 bits per heavy atom. The average Bonchev–Trinajstić information content (AvgIpc) is 2.28. The van der Waals surface area contributed by atoms with E-state index in [0.29, 0.717) is 6.54 Å². The predicted molar refractivity (Wildman–Crippen MR) is 66.3 cm³/mol. The van der Waals surface area contributed by atoms with E-state index in [4.69, 9.17) is 4.55 Å². The summed E-state index contributed by atoms with van der Waals surface area (Å²) in [7, 11) is 0. The van der Waals surface area contributed by atoms with Crippen LogP contribution in [0.5, 0.6) is 0 Å². The van der Waals surface area contributed by atoms with Gasteiger partial charge in [-0.25, -0.2) is 8.93 Å². The van der Waals surface area contributed by atoms with E-state index < -0.39 is 11.3 Å². The summed E-state index contributed by atoms with van der Waals surface area (Å²) >= 11 is -1.96. The van der Waals surface area contributed by atoms with Gasteiger partial charge in [-0.15, -0.1) is 0 Å². The minimum atomic E-state index is -1.96. The standard InChI is InChI=1S/C12H13NO2S/c1-9-6-7-10(8-13-16(14)15)12-5-3-2-4-11(9)12/h2-7,13H,8H2,1H3,(H,14,15). The van der Waals surface area contributed by atoms with Crippen LogP contribution in [0.3, 0.4) is 0 Å². The van der Waals surface area contributed by atoms with Gasteiger partial charge in [-0.05, 0) is 28.8 Å². The molecule has 16 heavy (non-hydrogen) atoms. The van der Waals surface area contributed by atoms with Crippen molar-refractivity contribution in [3.63, 3.8) is 0 Å². The molecular weight excluding hydrogens is 222 g/mol. The summed E-state index contributed by atoms with van der Waals surface area (Å²) in [6.07, 6.45) is 0. The molecule has 0 aliphatic carbocycles. The van der Waals surface area contributed by atoms with Gasteiger partial charge in [-0.3, -0.25) is 4.55 Å². The molecule has 2 rings (SSSR count). The molecule has 2 aromatic rings. The highest BCUT2D eigenvalue weighted by Gasteiger charge is 2.03. The third-order valence-corrected chi connectivity index (χ3v) is 3.01. The van der Waals surface area contributed by atoms with E-state index in [0.717, 1.165) is 10.9 Å². The zero-order valence-electron chi connectivity index (χ0n) is 8.93. The number of nitrogens with one attached hydrogen (secondary N) is 1. The maximum atomic E-state index is 10.6. The molecule has 0 aliphatic rings. The highest BCUT2D eigenvalue weighted by atomic mass is 32.2. The van der Waals surface area contributed by atoms with Crippen LogP contribution in [0.1, 0.15) is 11.1 Å². The van der Waals surface area contributed by atoms with Crippen LogP contribution < -0.4 is 4.72 Å². The Morgan fingerprint density at radius 1 is 1.19 bits per heavy atom. The van der Waals surface area contributed by atoms with Gasteiger partial charge in [-0.2, -0.15) is 0 Å². The summed E-state index contributed by atoms with van der Waals surface area (Å²) in [5.41, 5.74) is 2.24. The van der Waals surface area contributed by atoms with E-state index in [9.17, 15) is 4.21 Å². The van der Waals surface area contributed by atoms with Gasteiger partial charge in [0.2, 0.25) is 11.3 Å². The molecule has 4 heteroatoms. The second-order valence-electron chi connectivity index (χ2n) is 3.66. The van der Waals surface area contributed by atoms with Gasteiger partial charge in [0.25, 0.3) is 0 Å². The summed E-state index contributed by atoms with van der Waals surface area (Å²) in [5, 5.41) is 2.31. The van der Waals surface area contributed by atoms with Gasteiger partial charge in [0.05, 0.1) is 0 Å². The minimum Gasteiger partial charge on any atom is -0.294 e. The molecule has 0 heterocycles. The Kier molecular flexibility index (Phi) is 3.33. The molecule has 1 unspecified atom stereocenters. The van der Waals surface area contributed by atoms with Crippen LogP contribution in [0.2, 0.25) is 0 Å². The van der Waals surface area contributed by atoms with Crippen molar-refractivity contribution in [1.29, 1.82) is 0 Å². The van der Waals surface area contributed by atoms with Crippen LogP contribution in [0, 0.1) is 6.92 Å². The molecule has 84 valence electrons. The van der Waals surface area contributed by atoms with Crippen molar-refractivity contribution in [3.05, 3.63) is 47.5 Å². The van der Waals surface area contributed by atoms with E-state index in [-0.39, 0.29) is 0 Å². The molecule has 0 saturated carbocycles. The first-order chi connectivity index (χ1) is 7.68. The third-order valence-electron chi connectivity index (χ3n) is 2.62. The van der Waals surface area contributed by atoms with Crippen molar-refractivity contribution in [2.45, 2.75) is 13.5 Å². The molecule has 3 nitrogen and oxygen atoms in total. The monoisotopic (exact) mass is 235 g/mol. The third kappa shape index (κ3) is 2.29. The first kappa shape index (κ1) is 11.3. The Bertz CT molecular complexity index is 540. The quantitative estimate of drug-likeness (QED) is 0.802. The highest BCUT2D eigenvalue weighted by molar-refractivity contribution is 7.77.